The summed E-state index contributed by atoms with van der Waals surface area (Å²) in [4.78, 5) is 22.1. The van der Waals surface area contributed by atoms with Crippen LogP contribution >= 0.6 is 11.8 Å². The van der Waals surface area contributed by atoms with E-state index in [4.69, 9.17) is 5.11 Å². The number of carbonyl (C=O) groups is 2. The van der Waals surface area contributed by atoms with Crippen molar-refractivity contribution in [2.75, 3.05) is 18.1 Å². The van der Waals surface area contributed by atoms with Gasteiger partial charge in [-0.1, -0.05) is 37.3 Å². The van der Waals surface area contributed by atoms with Crippen molar-refractivity contribution in [2.45, 2.75) is 19.8 Å². The number of carboxylic acid groups (broad SMARTS) is 1. The smallest absolute Gasteiger partial charge is 0.307 e. The molecule has 1 rings (SSSR count). The zero-order valence-electron chi connectivity index (χ0n) is 11.7. The zero-order valence-corrected chi connectivity index (χ0v) is 12.5. The predicted molar refractivity (Wildman–Crippen MR) is 81.9 cm³/mol. The van der Waals surface area contributed by atoms with Crippen LogP contribution in [0.5, 0.6) is 0 Å². The Labute approximate surface area is 124 Å². The number of nitrogens with one attached hydrogen (secondary N) is 1. The lowest BCUT2D eigenvalue weighted by atomic mass is 10.1. The van der Waals surface area contributed by atoms with E-state index in [0.29, 0.717) is 18.1 Å². The first-order valence-corrected chi connectivity index (χ1v) is 7.86. The number of hydrogen-bond donors (Lipinski definition) is 2. The van der Waals surface area contributed by atoms with Gasteiger partial charge in [-0.15, -0.1) is 0 Å². The third-order valence-electron chi connectivity index (χ3n) is 2.83. The Hall–Kier alpha value is -1.49. The second-order valence-electron chi connectivity index (χ2n) is 4.69. The van der Waals surface area contributed by atoms with Crippen LogP contribution < -0.4 is 5.32 Å². The summed E-state index contributed by atoms with van der Waals surface area (Å²) in [5.74, 6) is -0.470. The number of rotatable bonds is 9. The fourth-order valence-electron chi connectivity index (χ4n) is 1.62. The van der Waals surface area contributed by atoms with E-state index < -0.39 is 11.9 Å². The number of thioether (sulfide) groups is 1. The van der Waals surface area contributed by atoms with Crippen molar-refractivity contribution in [2.24, 2.45) is 5.92 Å². The first kappa shape index (κ1) is 16.6. The number of hydrogen-bond acceptors (Lipinski definition) is 3. The predicted octanol–water partition coefficient (Wildman–Crippen LogP) is 2.19. The van der Waals surface area contributed by atoms with Gasteiger partial charge in [-0.2, -0.15) is 11.8 Å². The Bertz CT molecular complexity index is 422. The van der Waals surface area contributed by atoms with Crippen LogP contribution in [0.4, 0.5) is 0 Å². The highest BCUT2D eigenvalue weighted by Crippen LogP contribution is 2.08. The molecule has 0 radical (unpaired) electrons. The molecule has 1 amide bonds. The van der Waals surface area contributed by atoms with Crippen LogP contribution in [-0.2, 0) is 16.0 Å². The molecule has 1 aromatic rings. The van der Waals surface area contributed by atoms with Gasteiger partial charge in [0.2, 0.25) is 5.91 Å². The van der Waals surface area contributed by atoms with E-state index in [-0.39, 0.29) is 5.91 Å². The quantitative estimate of drug-likeness (QED) is 0.685. The average Bonchev–Trinajstić information content (AvgIpc) is 2.44. The van der Waals surface area contributed by atoms with Crippen molar-refractivity contribution in [3.63, 3.8) is 0 Å². The average molecular weight is 295 g/mol. The molecule has 0 aliphatic heterocycles. The summed E-state index contributed by atoms with van der Waals surface area (Å²) in [5, 5.41) is 11.6. The molecule has 0 fully saturated rings. The lowest BCUT2D eigenvalue weighted by molar-refractivity contribution is -0.140. The van der Waals surface area contributed by atoms with E-state index in [1.54, 1.807) is 6.92 Å². The molecule has 0 bridgehead atoms. The number of aliphatic carboxylic acids is 1. The fourth-order valence-corrected chi connectivity index (χ4v) is 2.52. The van der Waals surface area contributed by atoms with Gasteiger partial charge in [0, 0.05) is 12.3 Å². The molecule has 20 heavy (non-hydrogen) atoms. The SMILES string of the molecule is CC(CSCC(=O)NCCCc1ccccc1)C(=O)O. The van der Waals surface area contributed by atoms with Crippen LogP contribution in [0, 0.1) is 5.92 Å². The van der Waals surface area contributed by atoms with Gasteiger partial charge in [0.15, 0.2) is 0 Å². The van der Waals surface area contributed by atoms with Crippen LogP contribution in [0.3, 0.4) is 0 Å². The third kappa shape index (κ3) is 7.19. The number of carboxylic acids is 1. The van der Waals surface area contributed by atoms with Crippen molar-refractivity contribution in [1.29, 1.82) is 0 Å². The summed E-state index contributed by atoms with van der Waals surface area (Å²) in [6.07, 6.45) is 1.86. The molecule has 0 heterocycles. The summed E-state index contributed by atoms with van der Waals surface area (Å²) in [6.45, 7) is 2.30. The molecule has 0 aromatic heterocycles. The van der Waals surface area contributed by atoms with Crippen molar-refractivity contribution >= 4 is 23.6 Å². The minimum Gasteiger partial charge on any atom is -0.481 e. The van der Waals surface area contributed by atoms with Gasteiger partial charge in [-0.3, -0.25) is 9.59 Å². The molecule has 0 saturated carbocycles. The molecular formula is C15H21NO3S. The van der Waals surface area contributed by atoms with E-state index in [2.05, 4.69) is 17.4 Å². The highest BCUT2D eigenvalue weighted by Gasteiger charge is 2.11. The maximum atomic E-state index is 11.5. The molecule has 0 aliphatic carbocycles. The van der Waals surface area contributed by atoms with Gasteiger partial charge in [-0.25, -0.2) is 0 Å². The minimum absolute atomic E-state index is 0.0272. The van der Waals surface area contributed by atoms with Crippen molar-refractivity contribution < 1.29 is 14.7 Å². The standard InChI is InChI=1S/C15H21NO3S/c1-12(15(18)19)10-20-11-14(17)16-9-5-8-13-6-3-2-4-7-13/h2-4,6-7,12H,5,8-11H2,1H3,(H,16,17)(H,18,19). The van der Waals surface area contributed by atoms with Crippen molar-refractivity contribution in [3.05, 3.63) is 35.9 Å². The number of carbonyl (C=O) groups excluding carboxylic acids is 1. The molecular weight excluding hydrogens is 274 g/mol. The van der Waals surface area contributed by atoms with Crippen LogP contribution in [0.2, 0.25) is 0 Å². The molecule has 1 atom stereocenters. The molecule has 1 unspecified atom stereocenters. The van der Waals surface area contributed by atoms with Crippen LogP contribution in [-0.4, -0.2) is 35.0 Å². The lowest BCUT2D eigenvalue weighted by Gasteiger charge is -2.07. The summed E-state index contributed by atoms with van der Waals surface area (Å²) in [6, 6.07) is 10.2. The number of benzene rings is 1. The minimum atomic E-state index is -0.819. The maximum Gasteiger partial charge on any atom is 0.307 e. The number of amides is 1. The van der Waals surface area contributed by atoms with Crippen molar-refractivity contribution in [1.82, 2.24) is 5.32 Å². The largest absolute Gasteiger partial charge is 0.481 e. The van der Waals surface area contributed by atoms with Gasteiger partial charge >= 0.3 is 5.97 Å². The Morgan fingerprint density at radius 1 is 1.30 bits per heavy atom. The normalized spacial score (nSPS) is 11.8. The van der Waals surface area contributed by atoms with E-state index in [9.17, 15) is 9.59 Å². The van der Waals surface area contributed by atoms with Crippen molar-refractivity contribution in [3.8, 4) is 0 Å². The summed E-state index contributed by atoms with van der Waals surface area (Å²) in [5.41, 5.74) is 1.27. The third-order valence-corrected chi connectivity index (χ3v) is 4.03. The second-order valence-corrected chi connectivity index (χ2v) is 5.72. The van der Waals surface area contributed by atoms with Gasteiger partial charge in [0.1, 0.15) is 0 Å². The van der Waals surface area contributed by atoms with Gasteiger partial charge in [-0.05, 0) is 18.4 Å². The summed E-state index contributed by atoms with van der Waals surface area (Å²) in [7, 11) is 0. The maximum absolute atomic E-state index is 11.5. The molecule has 1 aromatic carbocycles. The Balaban J connectivity index is 2.04. The first-order chi connectivity index (χ1) is 9.59. The second kappa shape index (κ2) is 9.42. The summed E-state index contributed by atoms with van der Waals surface area (Å²) >= 11 is 1.36. The fraction of sp³-hybridized carbons (Fsp3) is 0.467. The molecule has 0 spiro atoms. The molecule has 0 aliphatic rings. The van der Waals surface area contributed by atoms with Gasteiger partial charge in [0.05, 0.1) is 11.7 Å². The molecule has 5 heteroatoms. The Kier molecular flexibility index (Phi) is 7.80. The van der Waals surface area contributed by atoms with E-state index in [1.807, 2.05) is 18.2 Å². The molecule has 110 valence electrons. The zero-order chi connectivity index (χ0) is 14.8. The Morgan fingerprint density at radius 3 is 2.65 bits per heavy atom. The van der Waals surface area contributed by atoms with Crippen LogP contribution in [0.15, 0.2) is 30.3 Å². The highest BCUT2D eigenvalue weighted by atomic mass is 32.2. The van der Waals surface area contributed by atoms with Gasteiger partial charge in [0.25, 0.3) is 0 Å². The van der Waals surface area contributed by atoms with Crippen LogP contribution in [0.25, 0.3) is 0 Å². The van der Waals surface area contributed by atoms with E-state index in [0.717, 1.165) is 12.8 Å². The molecule has 0 saturated heterocycles. The topological polar surface area (TPSA) is 66.4 Å². The monoisotopic (exact) mass is 295 g/mol. The highest BCUT2D eigenvalue weighted by molar-refractivity contribution is 7.99. The Morgan fingerprint density at radius 2 is 2.00 bits per heavy atom. The number of aryl methyl sites for hydroxylation is 1. The van der Waals surface area contributed by atoms with E-state index in [1.165, 1.54) is 17.3 Å². The summed E-state index contributed by atoms with van der Waals surface area (Å²) < 4.78 is 0. The van der Waals surface area contributed by atoms with Crippen LogP contribution in [0.1, 0.15) is 18.9 Å². The first-order valence-electron chi connectivity index (χ1n) is 6.70. The molecule has 2 N–H and O–H groups in total. The molecule has 4 nitrogen and oxygen atoms in total. The van der Waals surface area contributed by atoms with E-state index >= 15 is 0 Å². The van der Waals surface area contributed by atoms with Gasteiger partial charge < -0.3 is 10.4 Å². The lowest BCUT2D eigenvalue weighted by Crippen LogP contribution is -2.27.